The van der Waals surface area contributed by atoms with Crippen LogP contribution in [-0.2, 0) is 4.79 Å². The lowest BCUT2D eigenvalue weighted by Gasteiger charge is -2.31. The average molecular weight is 456 g/mol. The molecule has 1 aromatic heterocycles. The summed E-state index contributed by atoms with van der Waals surface area (Å²) in [6.07, 6.45) is 2.70. The van der Waals surface area contributed by atoms with Crippen molar-refractivity contribution in [2.45, 2.75) is 44.4 Å². The minimum absolute atomic E-state index is 0.144. The number of aromatic nitrogens is 3. The second-order valence-corrected chi connectivity index (χ2v) is 8.96. The molecule has 1 atom stereocenters. The first kappa shape index (κ1) is 21.6. The first-order chi connectivity index (χ1) is 15.0. The molecule has 1 aliphatic rings. The van der Waals surface area contributed by atoms with Crippen LogP contribution >= 0.6 is 23.4 Å². The number of nitrogens with zero attached hydrogens (tertiary/aromatic N) is 3. The maximum atomic E-state index is 13.2. The SMILES string of the molecule is CCCCCSc1n[n+]2c(c(=O)[nH]1)-c1ccccc1N(C(C)=O)[C@H]2c1cccc(Cl)c1. The van der Waals surface area contributed by atoms with Crippen LogP contribution in [0.1, 0.15) is 44.8 Å². The van der Waals surface area contributed by atoms with Crippen LogP contribution in [-0.4, -0.2) is 21.7 Å². The summed E-state index contributed by atoms with van der Waals surface area (Å²) in [7, 11) is 0. The smallest absolute Gasteiger partial charge is 0.291 e. The first-order valence-corrected chi connectivity index (χ1v) is 11.7. The molecule has 1 aliphatic heterocycles. The van der Waals surface area contributed by atoms with Crippen LogP contribution in [0.3, 0.4) is 0 Å². The molecule has 31 heavy (non-hydrogen) atoms. The summed E-state index contributed by atoms with van der Waals surface area (Å²) in [5.41, 5.74) is 2.33. The number of fused-ring (bicyclic) bond motifs is 3. The van der Waals surface area contributed by atoms with Crippen molar-refractivity contribution in [1.29, 1.82) is 0 Å². The Hall–Kier alpha value is -2.64. The first-order valence-electron chi connectivity index (χ1n) is 10.3. The van der Waals surface area contributed by atoms with Crippen molar-refractivity contribution in [3.05, 3.63) is 69.5 Å². The molecule has 3 aromatic rings. The zero-order valence-electron chi connectivity index (χ0n) is 17.5. The van der Waals surface area contributed by atoms with Gasteiger partial charge in [-0.3, -0.25) is 14.6 Å². The van der Waals surface area contributed by atoms with Crippen molar-refractivity contribution < 1.29 is 9.48 Å². The van der Waals surface area contributed by atoms with E-state index in [1.165, 1.54) is 18.7 Å². The Morgan fingerprint density at radius 1 is 1.23 bits per heavy atom. The standard InChI is InChI=1S/C23H23ClN4O2S/c1-3-4-7-13-31-23-25-21(30)20-18-11-5-6-12-19(18)27(15(2)29)22(28(20)26-23)16-9-8-10-17(24)14-16/h5-6,8-12,14,22H,3-4,7,13H2,1-2H3/p+1/t22-/m1/s1. The van der Waals surface area contributed by atoms with Crippen molar-refractivity contribution in [2.24, 2.45) is 0 Å². The number of thioether (sulfide) groups is 1. The summed E-state index contributed by atoms with van der Waals surface area (Å²) >= 11 is 7.80. The predicted molar refractivity (Wildman–Crippen MR) is 123 cm³/mol. The molecule has 2 aromatic carbocycles. The lowest BCUT2D eigenvalue weighted by molar-refractivity contribution is -0.763. The fraction of sp³-hybridized carbons (Fsp3) is 0.304. The molecule has 0 saturated heterocycles. The van der Waals surface area contributed by atoms with Gasteiger partial charge in [0.05, 0.1) is 11.3 Å². The van der Waals surface area contributed by atoms with Crippen molar-refractivity contribution >= 4 is 35.0 Å². The van der Waals surface area contributed by atoms with Gasteiger partial charge in [0.1, 0.15) is 0 Å². The lowest BCUT2D eigenvalue weighted by atomic mass is 10.0. The summed E-state index contributed by atoms with van der Waals surface area (Å²) in [6, 6.07) is 14.7. The third-order valence-electron chi connectivity index (χ3n) is 5.23. The normalized spacial score (nSPS) is 14.8. The van der Waals surface area contributed by atoms with E-state index >= 15 is 0 Å². The molecule has 6 nitrogen and oxygen atoms in total. The number of unbranched alkanes of at least 4 members (excludes halogenated alkanes) is 2. The zero-order chi connectivity index (χ0) is 22.0. The molecule has 0 radical (unpaired) electrons. The second-order valence-electron chi connectivity index (χ2n) is 7.44. The highest BCUT2D eigenvalue weighted by atomic mass is 35.5. The fourth-order valence-electron chi connectivity index (χ4n) is 3.87. The van der Waals surface area contributed by atoms with Crippen LogP contribution in [0.15, 0.2) is 58.5 Å². The van der Waals surface area contributed by atoms with Gasteiger partial charge in [-0.15, -0.1) is 0 Å². The van der Waals surface area contributed by atoms with Gasteiger partial charge in [0.25, 0.3) is 6.17 Å². The van der Waals surface area contributed by atoms with Crippen LogP contribution in [0, 0.1) is 0 Å². The van der Waals surface area contributed by atoms with Crippen molar-refractivity contribution in [1.82, 2.24) is 10.1 Å². The van der Waals surface area contributed by atoms with Gasteiger partial charge in [-0.2, -0.15) is 0 Å². The summed E-state index contributed by atoms with van der Waals surface area (Å²) in [4.78, 5) is 30.6. The quantitative estimate of drug-likeness (QED) is 0.335. The van der Waals surface area contributed by atoms with Crippen molar-refractivity contribution in [3.63, 3.8) is 0 Å². The molecule has 0 bridgehead atoms. The summed E-state index contributed by atoms with van der Waals surface area (Å²) in [5, 5.41) is 5.88. The molecule has 0 fully saturated rings. The second kappa shape index (κ2) is 9.24. The number of benzene rings is 2. The van der Waals surface area contributed by atoms with Gasteiger partial charge in [0, 0.05) is 28.4 Å². The van der Waals surface area contributed by atoms with E-state index in [1.807, 2.05) is 42.5 Å². The fourth-order valence-corrected chi connectivity index (χ4v) is 4.92. The number of carbonyl (C=O) groups is 1. The Bertz CT molecular complexity index is 1180. The van der Waals surface area contributed by atoms with Gasteiger partial charge in [0.15, 0.2) is 0 Å². The molecule has 4 rings (SSSR count). The summed E-state index contributed by atoms with van der Waals surface area (Å²) in [5.74, 6) is 0.722. The van der Waals surface area contributed by atoms with Crippen molar-refractivity contribution in [3.8, 4) is 11.3 Å². The number of hydrogen-bond acceptors (Lipinski definition) is 4. The highest BCUT2D eigenvalue weighted by molar-refractivity contribution is 7.99. The molecule has 0 saturated carbocycles. The molecule has 0 aliphatic carbocycles. The number of hydrogen-bond donors (Lipinski definition) is 1. The molecule has 160 valence electrons. The van der Waals surface area contributed by atoms with Crippen LogP contribution in [0.5, 0.6) is 0 Å². The minimum atomic E-state index is -0.613. The molecule has 1 amide bonds. The number of aromatic amines is 1. The lowest BCUT2D eigenvalue weighted by Crippen LogP contribution is -2.60. The Labute approximate surface area is 190 Å². The van der Waals surface area contributed by atoms with Crippen LogP contribution in [0.25, 0.3) is 11.3 Å². The van der Waals surface area contributed by atoms with E-state index in [4.69, 9.17) is 16.7 Å². The number of rotatable bonds is 6. The summed E-state index contributed by atoms with van der Waals surface area (Å²) < 4.78 is 1.66. The maximum Gasteiger partial charge on any atom is 0.325 e. The maximum absolute atomic E-state index is 13.2. The van der Waals surface area contributed by atoms with Gasteiger partial charge in [0.2, 0.25) is 11.1 Å². The Morgan fingerprint density at radius 2 is 2.03 bits per heavy atom. The predicted octanol–water partition coefficient (Wildman–Crippen LogP) is 4.57. The van der Waals surface area contributed by atoms with E-state index in [1.54, 1.807) is 15.6 Å². The molecular weight excluding hydrogens is 432 g/mol. The van der Waals surface area contributed by atoms with Gasteiger partial charge in [-0.05, 0) is 35.4 Å². The van der Waals surface area contributed by atoms with E-state index < -0.39 is 6.17 Å². The zero-order valence-corrected chi connectivity index (χ0v) is 19.0. The Balaban J connectivity index is 1.92. The van der Waals surface area contributed by atoms with E-state index in [2.05, 4.69) is 11.9 Å². The minimum Gasteiger partial charge on any atom is -0.291 e. The molecule has 2 heterocycles. The average Bonchev–Trinajstić information content (AvgIpc) is 2.75. The Morgan fingerprint density at radius 3 is 2.77 bits per heavy atom. The van der Waals surface area contributed by atoms with E-state index in [9.17, 15) is 9.59 Å². The number of nitrogens with one attached hydrogen (secondary N) is 1. The van der Waals surface area contributed by atoms with Gasteiger partial charge < -0.3 is 0 Å². The van der Waals surface area contributed by atoms with E-state index in [0.29, 0.717) is 27.1 Å². The van der Waals surface area contributed by atoms with E-state index in [0.717, 1.165) is 30.6 Å². The monoisotopic (exact) mass is 455 g/mol. The highest BCUT2D eigenvalue weighted by Gasteiger charge is 2.44. The molecule has 1 N–H and O–H groups in total. The van der Waals surface area contributed by atoms with Crippen LogP contribution in [0.4, 0.5) is 5.69 Å². The van der Waals surface area contributed by atoms with Crippen molar-refractivity contribution in [2.75, 3.05) is 10.7 Å². The molecular formula is C23H24ClN4O2S+. The number of amides is 1. The number of anilines is 1. The van der Waals surface area contributed by atoms with Crippen LogP contribution in [0.2, 0.25) is 5.02 Å². The molecule has 0 unspecified atom stereocenters. The third kappa shape index (κ3) is 4.25. The third-order valence-corrected chi connectivity index (χ3v) is 6.42. The molecule has 0 spiro atoms. The largest absolute Gasteiger partial charge is 0.325 e. The van der Waals surface area contributed by atoms with Gasteiger partial charge in [-0.25, -0.2) is 4.90 Å². The van der Waals surface area contributed by atoms with Gasteiger partial charge in [-0.1, -0.05) is 67.4 Å². The molecule has 8 heteroatoms. The van der Waals surface area contributed by atoms with Crippen LogP contribution < -0.4 is 15.1 Å². The Kier molecular flexibility index (Phi) is 6.43. The van der Waals surface area contributed by atoms with E-state index in [-0.39, 0.29) is 11.5 Å². The number of H-pyrrole nitrogens is 1. The topological polar surface area (TPSA) is 69.9 Å². The number of halogens is 1. The van der Waals surface area contributed by atoms with Gasteiger partial charge >= 0.3 is 11.3 Å². The highest BCUT2D eigenvalue weighted by Crippen LogP contribution is 2.37. The number of para-hydroxylation sites is 1. The number of carbonyl (C=O) groups excluding carboxylic acids is 1. The summed E-state index contributed by atoms with van der Waals surface area (Å²) in [6.45, 7) is 3.68.